The first-order valence-electron chi connectivity index (χ1n) is 6.38. The number of carboxylic acid groups (broad SMARTS) is 1. The Morgan fingerprint density at radius 2 is 1.70 bits per heavy atom. The summed E-state index contributed by atoms with van der Waals surface area (Å²) in [6, 6.07) is 9.47. The van der Waals surface area contributed by atoms with Gasteiger partial charge in [0.2, 0.25) is 0 Å². The molecule has 0 radical (unpaired) electrons. The molecule has 0 aliphatic heterocycles. The highest BCUT2D eigenvalue weighted by Gasteiger charge is 2.23. The number of nitrogens with two attached hydrogens (primary N) is 1. The van der Waals surface area contributed by atoms with Crippen LogP contribution < -0.4 is 10.5 Å². The number of aromatic hydroxyl groups is 1. The van der Waals surface area contributed by atoms with Crippen molar-refractivity contribution in [2.24, 2.45) is 5.73 Å². The molecule has 2 aromatic rings. The van der Waals surface area contributed by atoms with E-state index in [0.29, 0.717) is 11.5 Å². The van der Waals surface area contributed by atoms with Crippen LogP contribution in [0, 0.1) is 7.14 Å². The number of phenolic OH excluding ortho intramolecular Hbond substituents is 1. The van der Waals surface area contributed by atoms with Crippen molar-refractivity contribution in [2.45, 2.75) is 9.97 Å². The highest BCUT2D eigenvalue weighted by atomic mass is 127. The van der Waals surface area contributed by atoms with Crippen LogP contribution in [-0.4, -0.2) is 22.2 Å². The van der Waals surface area contributed by atoms with E-state index in [0.717, 1.165) is 12.7 Å². The third-order valence-electron chi connectivity index (χ3n) is 3.05. The molecule has 2 aromatic carbocycles. The van der Waals surface area contributed by atoms with Crippen LogP contribution in [0.5, 0.6) is 17.2 Å². The molecule has 1 unspecified atom stereocenters. The molecule has 5 nitrogen and oxygen atoms in total. The van der Waals surface area contributed by atoms with E-state index in [1.165, 1.54) is 0 Å². The Kier molecular flexibility index (Phi) is 6.74. The maximum atomic E-state index is 10.9. The summed E-state index contributed by atoms with van der Waals surface area (Å²) in [5, 5.41) is 18.6. The zero-order valence-corrected chi connectivity index (χ0v) is 18.0. The van der Waals surface area contributed by atoms with Gasteiger partial charge >= 0.3 is 5.97 Å². The highest BCUT2D eigenvalue weighted by molar-refractivity contribution is 14.1. The van der Waals surface area contributed by atoms with E-state index in [2.05, 4.69) is 45.2 Å². The highest BCUT2D eigenvalue weighted by Crippen LogP contribution is 2.35. The molecule has 8 heteroatoms. The molecular weight excluding hydrogens is 639 g/mol. The molecule has 2 rings (SSSR count). The molecule has 122 valence electrons. The Morgan fingerprint density at radius 1 is 1.09 bits per heavy atom. The number of rotatable bonds is 5. The molecule has 4 N–H and O–H groups in total. The van der Waals surface area contributed by atoms with Crippen molar-refractivity contribution in [1.82, 2.24) is 0 Å². The molecule has 0 aliphatic rings. The summed E-state index contributed by atoms with van der Waals surface area (Å²) in [6.07, 6.45) is 0. The lowest BCUT2D eigenvalue weighted by molar-refractivity contribution is -0.138. The SMILES string of the molecule is N[C@H](C(=O)O)C(I)c1ccc(Oc2ccc(O)c(I)c2I)cc1. The largest absolute Gasteiger partial charge is 0.507 e. The molecule has 2 atom stereocenters. The van der Waals surface area contributed by atoms with E-state index in [1.54, 1.807) is 36.4 Å². The van der Waals surface area contributed by atoms with Crippen LogP contribution in [0.1, 0.15) is 9.49 Å². The van der Waals surface area contributed by atoms with Crippen molar-refractivity contribution in [3.63, 3.8) is 0 Å². The van der Waals surface area contributed by atoms with Crippen molar-refractivity contribution in [3.8, 4) is 17.2 Å². The van der Waals surface area contributed by atoms with E-state index in [-0.39, 0.29) is 9.67 Å². The van der Waals surface area contributed by atoms with Crippen LogP contribution >= 0.6 is 67.8 Å². The number of benzene rings is 2. The smallest absolute Gasteiger partial charge is 0.321 e. The zero-order chi connectivity index (χ0) is 17.1. The van der Waals surface area contributed by atoms with E-state index in [4.69, 9.17) is 15.6 Å². The van der Waals surface area contributed by atoms with Gasteiger partial charge < -0.3 is 20.7 Å². The fourth-order valence-corrected chi connectivity index (χ4v) is 3.51. The van der Waals surface area contributed by atoms with E-state index in [9.17, 15) is 9.90 Å². The quantitative estimate of drug-likeness (QED) is 0.332. The van der Waals surface area contributed by atoms with Crippen LogP contribution in [0.4, 0.5) is 0 Å². The summed E-state index contributed by atoms with van der Waals surface area (Å²) in [5.74, 6) is 0.459. The van der Waals surface area contributed by atoms with Gasteiger partial charge in [-0.25, -0.2) is 0 Å². The number of ether oxygens (including phenoxy) is 1. The molecule has 23 heavy (non-hydrogen) atoms. The lowest BCUT2D eigenvalue weighted by Crippen LogP contribution is -2.33. The Hall–Kier alpha value is -0.340. The molecule has 0 saturated carbocycles. The van der Waals surface area contributed by atoms with Crippen LogP contribution in [0.25, 0.3) is 0 Å². The fourth-order valence-electron chi connectivity index (χ4n) is 1.78. The number of carbonyl (C=O) groups is 1. The summed E-state index contributed by atoms with van der Waals surface area (Å²) >= 11 is 6.19. The number of alkyl halides is 1. The van der Waals surface area contributed by atoms with Gasteiger partial charge in [-0.3, -0.25) is 4.79 Å². The maximum Gasteiger partial charge on any atom is 0.321 e. The number of phenols is 1. The lowest BCUT2D eigenvalue weighted by atomic mass is 10.1. The predicted molar refractivity (Wildman–Crippen MR) is 112 cm³/mol. The number of carboxylic acids is 1. The Bertz CT molecular complexity index is 721. The topological polar surface area (TPSA) is 92.8 Å². The van der Waals surface area contributed by atoms with Crippen LogP contribution in [0.15, 0.2) is 36.4 Å². The van der Waals surface area contributed by atoms with Gasteiger partial charge in [0.05, 0.1) is 11.1 Å². The second kappa shape index (κ2) is 8.16. The number of aliphatic carboxylic acids is 1. The third kappa shape index (κ3) is 4.60. The summed E-state index contributed by atoms with van der Waals surface area (Å²) < 4.78 is 7.05. The molecule has 0 fully saturated rings. The molecule has 0 saturated heterocycles. The van der Waals surface area contributed by atoms with Gasteiger partial charge in [0.25, 0.3) is 0 Å². The molecule has 0 bridgehead atoms. The molecular formula is C15H12I3NO4. The van der Waals surface area contributed by atoms with Crippen molar-refractivity contribution in [2.75, 3.05) is 0 Å². The Morgan fingerprint density at radius 3 is 2.26 bits per heavy atom. The number of hydrogen-bond donors (Lipinski definition) is 3. The first-order valence-corrected chi connectivity index (χ1v) is 9.78. The minimum Gasteiger partial charge on any atom is -0.507 e. The van der Waals surface area contributed by atoms with Crippen LogP contribution in [0.2, 0.25) is 0 Å². The second-order valence-corrected chi connectivity index (χ2v) is 8.15. The van der Waals surface area contributed by atoms with Gasteiger partial charge in [0, 0.05) is 0 Å². The first kappa shape index (κ1) is 19.0. The van der Waals surface area contributed by atoms with Gasteiger partial charge in [-0.05, 0) is 75.0 Å². The van der Waals surface area contributed by atoms with Crippen molar-refractivity contribution >= 4 is 73.7 Å². The van der Waals surface area contributed by atoms with Crippen molar-refractivity contribution in [1.29, 1.82) is 0 Å². The number of halogens is 3. The zero-order valence-electron chi connectivity index (χ0n) is 11.5. The molecule has 0 aliphatic carbocycles. The standard InChI is InChI=1S/C15H12I3NO4/c16-11(14(19)15(21)22)7-1-3-8(4-2-7)23-10-6-5-9(20)12(17)13(10)18/h1-6,11,14,20H,19H2,(H,21,22)/t11?,14-/m0/s1. The molecule has 0 amide bonds. The summed E-state index contributed by atoms with van der Waals surface area (Å²) in [5.41, 5.74) is 6.46. The molecule has 0 aromatic heterocycles. The van der Waals surface area contributed by atoms with Gasteiger partial charge in [-0.15, -0.1) is 0 Å². The Balaban J connectivity index is 2.18. The van der Waals surface area contributed by atoms with E-state index < -0.39 is 12.0 Å². The summed E-state index contributed by atoms with van der Waals surface area (Å²) in [7, 11) is 0. The normalized spacial score (nSPS) is 13.4. The average Bonchev–Trinajstić information content (AvgIpc) is 2.54. The van der Waals surface area contributed by atoms with Crippen molar-refractivity contribution in [3.05, 3.63) is 49.1 Å². The lowest BCUT2D eigenvalue weighted by Gasteiger charge is -2.15. The predicted octanol–water partition coefficient (Wildman–Crippen LogP) is 4.28. The van der Waals surface area contributed by atoms with Gasteiger partial charge in [0.1, 0.15) is 23.3 Å². The van der Waals surface area contributed by atoms with Gasteiger partial charge in [0.15, 0.2) is 0 Å². The fraction of sp³-hybridized carbons (Fsp3) is 0.133. The van der Waals surface area contributed by atoms with E-state index >= 15 is 0 Å². The van der Waals surface area contributed by atoms with Crippen LogP contribution in [-0.2, 0) is 4.79 Å². The minimum atomic E-state index is -1.03. The number of hydrogen-bond acceptors (Lipinski definition) is 4. The third-order valence-corrected chi connectivity index (χ3v) is 7.74. The summed E-state index contributed by atoms with van der Waals surface area (Å²) in [6.45, 7) is 0. The van der Waals surface area contributed by atoms with Gasteiger partial charge in [-0.1, -0.05) is 34.7 Å². The van der Waals surface area contributed by atoms with Crippen molar-refractivity contribution < 1.29 is 19.7 Å². The monoisotopic (exact) mass is 651 g/mol. The minimum absolute atomic E-state index is 0.216. The van der Waals surface area contributed by atoms with E-state index in [1.807, 2.05) is 22.6 Å². The maximum absolute atomic E-state index is 10.9. The first-order chi connectivity index (χ1) is 10.8. The second-order valence-electron chi connectivity index (χ2n) is 4.65. The average molecular weight is 651 g/mol. The Labute approximate surface area is 174 Å². The van der Waals surface area contributed by atoms with Gasteiger partial charge in [-0.2, -0.15) is 0 Å². The molecule has 0 spiro atoms. The molecule has 0 heterocycles. The van der Waals surface area contributed by atoms with Crippen LogP contribution in [0.3, 0.4) is 0 Å². The summed E-state index contributed by atoms with van der Waals surface area (Å²) in [4.78, 5) is 10.9.